The van der Waals surface area contributed by atoms with Gasteiger partial charge in [0.05, 0.1) is 13.0 Å². The first kappa shape index (κ1) is 16.6. The molecule has 0 fully saturated rings. The molecule has 0 saturated carbocycles. The number of aliphatic carboxylic acids is 1. The number of carboxylic acid groups (broad SMARTS) is 1. The highest BCUT2D eigenvalue weighted by atomic mass is 28.4. The van der Waals surface area contributed by atoms with E-state index in [1.165, 1.54) is 0 Å². The lowest BCUT2D eigenvalue weighted by molar-refractivity contribution is -0.136. The van der Waals surface area contributed by atoms with Gasteiger partial charge >= 0.3 is 5.97 Å². The van der Waals surface area contributed by atoms with E-state index < -0.39 is 14.3 Å². The fraction of sp³-hybridized carbons (Fsp3) is 0.750. The SMILES string of the molecule is CC(C)(C)[Si](C)(C)OCCOc1nonc1CC(=O)O. The maximum Gasteiger partial charge on any atom is 0.309 e. The first-order valence-electron chi connectivity index (χ1n) is 6.43. The molecular weight excluding hydrogens is 280 g/mol. The Labute approximate surface area is 119 Å². The van der Waals surface area contributed by atoms with E-state index in [-0.39, 0.29) is 29.6 Å². The molecule has 20 heavy (non-hydrogen) atoms. The molecule has 0 aliphatic rings. The van der Waals surface area contributed by atoms with Crippen LogP contribution < -0.4 is 4.74 Å². The highest BCUT2D eigenvalue weighted by Crippen LogP contribution is 2.36. The molecule has 0 unspecified atom stereocenters. The van der Waals surface area contributed by atoms with Crippen molar-refractivity contribution in [2.45, 2.75) is 45.3 Å². The summed E-state index contributed by atoms with van der Waals surface area (Å²) in [5.74, 6) is -0.894. The van der Waals surface area contributed by atoms with Gasteiger partial charge in [-0.05, 0) is 23.3 Å². The van der Waals surface area contributed by atoms with E-state index in [9.17, 15) is 4.79 Å². The van der Waals surface area contributed by atoms with Crippen molar-refractivity contribution in [2.75, 3.05) is 13.2 Å². The van der Waals surface area contributed by atoms with E-state index in [2.05, 4.69) is 48.8 Å². The van der Waals surface area contributed by atoms with Crippen molar-refractivity contribution in [2.24, 2.45) is 0 Å². The largest absolute Gasteiger partial charge is 0.481 e. The van der Waals surface area contributed by atoms with Gasteiger partial charge in [-0.3, -0.25) is 4.79 Å². The van der Waals surface area contributed by atoms with Crippen LogP contribution in [0.3, 0.4) is 0 Å². The number of ether oxygens (including phenoxy) is 1. The summed E-state index contributed by atoms with van der Waals surface area (Å²) in [5.41, 5.74) is 0.185. The van der Waals surface area contributed by atoms with Crippen LogP contribution >= 0.6 is 0 Å². The Morgan fingerprint density at radius 2 is 1.95 bits per heavy atom. The van der Waals surface area contributed by atoms with E-state index >= 15 is 0 Å². The minimum Gasteiger partial charge on any atom is -0.481 e. The fourth-order valence-electron chi connectivity index (χ4n) is 1.21. The molecule has 0 radical (unpaired) electrons. The summed E-state index contributed by atoms with van der Waals surface area (Å²) in [6.07, 6.45) is -0.276. The molecular formula is C12H22N2O5Si. The van der Waals surface area contributed by atoms with Gasteiger partial charge in [0, 0.05) is 0 Å². The molecule has 1 rings (SSSR count). The summed E-state index contributed by atoms with van der Waals surface area (Å²) < 4.78 is 15.8. The van der Waals surface area contributed by atoms with Crippen LogP contribution in [0.4, 0.5) is 0 Å². The molecule has 0 aliphatic heterocycles. The Bertz CT molecular complexity index is 453. The number of carbonyl (C=O) groups is 1. The number of hydrogen-bond donors (Lipinski definition) is 1. The zero-order valence-electron chi connectivity index (χ0n) is 12.6. The van der Waals surface area contributed by atoms with E-state index in [1.807, 2.05) is 0 Å². The van der Waals surface area contributed by atoms with Gasteiger partial charge in [-0.15, -0.1) is 0 Å². The van der Waals surface area contributed by atoms with Crippen molar-refractivity contribution in [1.82, 2.24) is 10.3 Å². The van der Waals surface area contributed by atoms with Crippen molar-refractivity contribution >= 4 is 14.3 Å². The Morgan fingerprint density at radius 3 is 2.50 bits per heavy atom. The standard InChI is InChI=1S/C12H22N2O5Si/c1-12(2,3)20(4,5)18-7-6-17-11-9(8-10(15)16)13-19-14-11/h6-8H2,1-5H3,(H,15,16). The monoisotopic (exact) mass is 302 g/mol. The zero-order valence-corrected chi connectivity index (χ0v) is 13.6. The molecule has 1 aromatic rings. The molecule has 1 N–H and O–H groups in total. The molecule has 1 heterocycles. The highest BCUT2D eigenvalue weighted by Gasteiger charge is 2.36. The molecule has 0 atom stereocenters. The molecule has 0 aromatic carbocycles. The molecule has 0 amide bonds. The molecule has 0 aliphatic carbocycles. The third-order valence-corrected chi connectivity index (χ3v) is 7.97. The second-order valence-electron chi connectivity index (χ2n) is 6.04. The van der Waals surface area contributed by atoms with Crippen LogP contribution in [0.5, 0.6) is 5.88 Å². The van der Waals surface area contributed by atoms with Crippen LogP contribution in [-0.4, -0.2) is 42.9 Å². The lowest BCUT2D eigenvalue weighted by Gasteiger charge is -2.36. The minimum atomic E-state index is -1.80. The van der Waals surface area contributed by atoms with Crippen LogP contribution in [0, 0.1) is 0 Å². The third-order valence-electron chi connectivity index (χ3n) is 3.43. The van der Waals surface area contributed by atoms with Gasteiger partial charge in [0.25, 0.3) is 5.88 Å². The maximum atomic E-state index is 10.6. The summed E-state index contributed by atoms with van der Waals surface area (Å²) in [7, 11) is -1.80. The van der Waals surface area contributed by atoms with Gasteiger partial charge < -0.3 is 14.3 Å². The van der Waals surface area contributed by atoms with E-state index in [1.54, 1.807) is 0 Å². The summed E-state index contributed by atoms with van der Waals surface area (Å²) in [6.45, 7) is 11.5. The van der Waals surface area contributed by atoms with Crippen LogP contribution in [0.15, 0.2) is 4.63 Å². The number of aromatic nitrogens is 2. The lowest BCUT2D eigenvalue weighted by Crippen LogP contribution is -2.41. The van der Waals surface area contributed by atoms with Crippen LogP contribution in [0.1, 0.15) is 26.5 Å². The average molecular weight is 302 g/mol. The van der Waals surface area contributed by atoms with Gasteiger partial charge in [-0.1, -0.05) is 25.9 Å². The van der Waals surface area contributed by atoms with Crippen molar-refractivity contribution in [3.05, 3.63) is 5.69 Å². The van der Waals surface area contributed by atoms with E-state index in [4.69, 9.17) is 14.3 Å². The molecule has 1 aromatic heterocycles. The Morgan fingerprint density at radius 1 is 1.30 bits per heavy atom. The zero-order chi connectivity index (χ0) is 15.4. The fourth-order valence-corrected chi connectivity index (χ4v) is 2.24. The van der Waals surface area contributed by atoms with E-state index in [0.717, 1.165) is 0 Å². The van der Waals surface area contributed by atoms with Gasteiger partial charge in [0.2, 0.25) is 0 Å². The molecule has 0 bridgehead atoms. The molecule has 0 saturated heterocycles. The van der Waals surface area contributed by atoms with Crippen molar-refractivity contribution < 1.29 is 23.7 Å². The molecule has 8 heteroatoms. The third kappa shape index (κ3) is 4.60. The van der Waals surface area contributed by atoms with Gasteiger partial charge in [-0.25, -0.2) is 4.63 Å². The van der Waals surface area contributed by atoms with Gasteiger partial charge in [0.1, 0.15) is 6.61 Å². The highest BCUT2D eigenvalue weighted by molar-refractivity contribution is 6.74. The van der Waals surface area contributed by atoms with Crippen LogP contribution in [0.25, 0.3) is 0 Å². The topological polar surface area (TPSA) is 94.7 Å². The summed E-state index contributed by atoms with van der Waals surface area (Å²) in [5, 5.41) is 15.9. The molecule has 114 valence electrons. The number of nitrogens with zero attached hydrogens (tertiary/aromatic N) is 2. The smallest absolute Gasteiger partial charge is 0.309 e. The summed E-state index contributed by atoms with van der Waals surface area (Å²) in [4.78, 5) is 10.6. The van der Waals surface area contributed by atoms with E-state index in [0.29, 0.717) is 6.61 Å². The predicted octanol–water partition coefficient (Wildman–Crippen LogP) is 2.10. The lowest BCUT2D eigenvalue weighted by atomic mass is 10.2. The second-order valence-corrected chi connectivity index (χ2v) is 10.9. The molecule has 7 nitrogen and oxygen atoms in total. The maximum absolute atomic E-state index is 10.6. The number of hydrogen-bond acceptors (Lipinski definition) is 6. The molecule has 0 spiro atoms. The Kier molecular flexibility index (Phi) is 5.29. The summed E-state index contributed by atoms with van der Waals surface area (Å²) in [6, 6.07) is 0. The second kappa shape index (κ2) is 6.36. The van der Waals surface area contributed by atoms with Crippen LogP contribution in [0.2, 0.25) is 18.1 Å². The average Bonchev–Trinajstić information content (AvgIpc) is 2.69. The predicted molar refractivity (Wildman–Crippen MR) is 74.3 cm³/mol. The normalized spacial score (nSPS) is 12.4. The van der Waals surface area contributed by atoms with Crippen molar-refractivity contribution in [1.29, 1.82) is 0 Å². The summed E-state index contributed by atoms with van der Waals surface area (Å²) >= 11 is 0. The first-order valence-corrected chi connectivity index (χ1v) is 9.34. The van der Waals surface area contributed by atoms with Gasteiger partial charge in [-0.2, -0.15) is 0 Å². The quantitative estimate of drug-likeness (QED) is 0.608. The van der Waals surface area contributed by atoms with Crippen molar-refractivity contribution in [3.63, 3.8) is 0 Å². The van der Waals surface area contributed by atoms with Crippen LogP contribution in [-0.2, 0) is 15.6 Å². The Balaban J connectivity index is 2.42. The first-order chi connectivity index (χ1) is 9.13. The van der Waals surface area contributed by atoms with Crippen molar-refractivity contribution in [3.8, 4) is 5.88 Å². The number of rotatable bonds is 7. The van der Waals surface area contributed by atoms with Gasteiger partial charge in [0.15, 0.2) is 14.0 Å². The minimum absolute atomic E-state index is 0.117. The Hall–Kier alpha value is -1.41. The number of carboxylic acids is 1.